The second-order valence-corrected chi connectivity index (χ2v) is 10.2. The number of hydrogen-bond acceptors (Lipinski definition) is 9. The quantitative estimate of drug-likeness (QED) is 0.113. The molecule has 3 aromatic heterocycles. The second kappa shape index (κ2) is 12.9. The zero-order valence-electron chi connectivity index (χ0n) is 22.0. The van der Waals surface area contributed by atoms with Gasteiger partial charge in [-0.3, -0.25) is 9.36 Å². The van der Waals surface area contributed by atoms with Crippen molar-refractivity contribution in [2.75, 3.05) is 31.3 Å². The van der Waals surface area contributed by atoms with Crippen LogP contribution in [0.25, 0.3) is 10.9 Å². The third-order valence-corrected chi connectivity index (χ3v) is 6.51. The lowest BCUT2D eigenvalue weighted by molar-refractivity contribution is -0.898. The van der Waals surface area contributed by atoms with Crippen molar-refractivity contribution in [2.24, 2.45) is 7.05 Å². The SMILES string of the molecule is Cn1c(C#N)nc([N+](=O)[O-])c1C[N+](C)(C)C/C=C/C(=O)Nc1cc2c(Nc3ccc(Br)c(F)c3)ncnc2cn1.[Br-]. The Hall–Kier alpha value is -4.33. The topological polar surface area (TPSA) is 165 Å². The summed E-state index contributed by atoms with van der Waals surface area (Å²) in [7, 11) is 5.22. The molecule has 0 saturated heterocycles. The molecule has 13 nitrogen and oxygen atoms in total. The number of nitriles is 1. The van der Waals surface area contributed by atoms with Crippen LogP contribution in [0.5, 0.6) is 0 Å². The lowest BCUT2D eigenvalue weighted by atomic mass is 10.2. The number of carbonyl (C=O) groups excluding carboxylic acids is 1. The van der Waals surface area contributed by atoms with Gasteiger partial charge in [-0.1, -0.05) is 0 Å². The van der Waals surface area contributed by atoms with Crippen molar-refractivity contribution in [1.29, 1.82) is 5.26 Å². The number of hydrogen-bond donors (Lipinski definition) is 2. The maximum atomic E-state index is 13.9. The van der Waals surface area contributed by atoms with E-state index < -0.39 is 16.6 Å². The summed E-state index contributed by atoms with van der Waals surface area (Å²) in [5.74, 6) is -0.624. The predicted molar refractivity (Wildman–Crippen MR) is 148 cm³/mol. The molecule has 4 rings (SSSR count). The van der Waals surface area contributed by atoms with Gasteiger partial charge in [-0.15, -0.1) is 0 Å². The molecule has 41 heavy (non-hydrogen) atoms. The highest BCUT2D eigenvalue weighted by atomic mass is 79.9. The van der Waals surface area contributed by atoms with Crippen molar-refractivity contribution < 1.29 is 35.6 Å². The molecule has 0 saturated carbocycles. The minimum Gasteiger partial charge on any atom is -1.00 e. The maximum absolute atomic E-state index is 13.9. The number of amides is 1. The van der Waals surface area contributed by atoms with Crippen LogP contribution >= 0.6 is 15.9 Å². The van der Waals surface area contributed by atoms with E-state index >= 15 is 0 Å². The fraction of sp³-hybridized carbons (Fsp3) is 0.200. The minimum absolute atomic E-state index is 0. The molecule has 0 atom stereocenters. The summed E-state index contributed by atoms with van der Waals surface area (Å²) in [4.78, 5) is 39.8. The second-order valence-electron chi connectivity index (χ2n) is 9.36. The van der Waals surface area contributed by atoms with Crippen LogP contribution in [0, 0.1) is 27.3 Å². The zero-order chi connectivity index (χ0) is 29.0. The molecule has 2 N–H and O–H groups in total. The fourth-order valence-corrected chi connectivity index (χ4v) is 4.11. The lowest BCUT2D eigenvalue weighted by Gasteiger charge is -2.28. The highest BCUT2D eigenvalue weighted by Gasteiger charge is 2.30. The van der Waals surface area contributed by atoms with Gasteiger partial charge in [-0.25, -0.2) is 19.3 Å². The van der Waals surface area contributed by atoms with Crippen molar-refractivity contribution in [3.8, 4) is 6.07 Å². The van der Waals surface area contributed by atoms with Gasteiger partial charge in [0.25, 0.3) is 0 Å². The number of anilines is 3. The molecule has 0 spiro atoms. The van der Waals surface area contributed by atoms with Crippen LogP contribution in [0.15, 0.2) is 53.4 Å². The van der Waals surface area contributed by atoms with E-state index in [0.717, 1.165) is 0 Å². The van der Waals surface area contributed by atoms with Gasteiger partial charge in [-0.2, -0.15) is 5.26 Å². The number of nitrogens with zero attached hydrogens (tertiary/aromatic N) is 8. The monoisotopic (exact) mass is 688 g/mol. The van der Waals surface area contributed by atoms with Gasteiger partial charge in [0, 0.05) is 24.2 Å². The Labute approximate surface area is 252 Å². The molecule has 0 aliphatic rings. The summed E-state index contributed by atoms with van der Waals surface area (Å²) in [6.07, 6.45) is 5.82. The Morgan fingerprint density at radius 1 is 1.29 bits per heavy atom. The molecule has 0 unspecified atom stereocenters. The molecule has 212 valence electrons. The van der Waals surface area contributed by atoms with Gasteiger partial charge >= 0.3 is 11.6 Å². The van der Waals surface area contributed by atoms with Gasteiger partial charge in [-0.05, 0) is 56.2 Å². The number of carbonyl (C=O) groups is 1. The van der Waals surface area contributed by atoms with E-state index in [1.165, 1.54) is 29.2 Å². The van der Waals surface area contributed by atoms with Crippen molar-refractivity contribution in [1.82, 2.24) is 24.5 Å². The number of pyridine rings is 1. The van der Waals surface area contributed by atoms with Crippen LogP contribution in [-0.4, -0.2) is 60.5 Å². The van der Waals surface area contributed by atoms with Gasteiger partial charge < -0.3 is 42.2 Å². The van der Waals surface area contributed by atoms with Gasteiger partial charge in [0.1, 0.15) is 30.3 Å². The van der Waals surface area contributed by atoms with Gasteiger partial charge in [0.15, 0.2) is 11.8 Å². The van der Waals surface area contributed by atoms with E-state index in [1.54, 1.807) is 31.3 Å². The maximum Gasteiger partial charge on any atom is 0.392 e. The van der Waals surface area contributed by atoms with Gasteiger partial charge in [0.05, 0.1) is 36.8 Å². The minimum atomic E-state index is -0.612. The zero-order valence-corrected chi connectivity index (χ0v) is 25.1. The molecule has 1 aromatic carbocycles. The number of benzene rings is 1. The third kappa shape index (κ3) is 7.45. The largest absolute Gasteiger partial charge is 1.00 e. The summed E-state index contributed by atoms with van der Waals surface area (Å²) >= 11 is 3.12. The van der Waals surface area contributed by atoms with Crippen LogP contribution < -0.4 is 27.6 Å². The summed E-state index contributed by atoms with van der Waals surface area (Å²) in [6, 6.07) is 8.03. The first-order chi connectivity index (χ1) is 19.0. The first-order valence-corrected chi connectivity index (χ1v) is 12.5. The number of halogens is 3. The Bertz CT molecular complexity index is 1700. The average molecular weight is 690 g/mol. The van der Waals surface area contributed by atoms with Crippen molar-refractivity contribution in [3.63, 3.8) is 0 Å². The molecule has 0 aliphatic carbocycles. The van der Waals surface area contributed by atoms with Crippen LogP contribution in [0.4, 0.5) is 27.5 Å². The van der Waals surface area contributed by atoms with Gasteiger partial charge in [0.2, 0.25) is 5.91 Å². The standard InChI is InChI=1S/C25H22BrFN10O3.BrH/c1-35-20(25(36(39)40)34-22(35)11-28)13-37(2,3)8-4-5-23(38)33-21-10-16-19(12-29-21)30-14-31-24(16)32-15-6-7-17(26)18(27)9-15;/h4-7,9-10,12,14H,8,13H2,1-3H3,(H-,29,30,31,32,33,38);1H/b5-4+;. The highest BCUT2D eigenvalue weighted by molar-refractivity contribution is 9.10. The van der Waals surface area contributed by atoms with E-state index in [2.05, 4.69) is 46.5 Å². The van der Waals surface area contributed by atoms with Crippen molar-refractivity contribution in [3.05, 3.63) is 80.9 Å². The number of imidazole rings is 1. The molecule has 4 aromatic rings. The molecule has 16 heteroatoms. The summed E-state index contributed by atoms with van der Waals surface area (Å²) < 4.78 is 15.9. The molecule has 1 amide bonds. The van der Waals surface area contributed by atoms with E-state index in [9.17, 15) is 24.6 Å². The first kappa shape index (κ1) is 31.2. The third-order valence-electron chi connectivity index (χ3n) is 5.87. The highest BCUT2D eigenvalue weighted by Crippen LogP contribution is 2.27. The number of aromatic nitrogens is 5. The number of rotatable bonds is 9. The summed E-state index contributed by atoms with van der Waals surface area (Å²) in [5, 5.41) is 26.9. The normalized spacial score (nSPS) is 11.2. The number of quaternary nitrogens is 1. The Morgan fingerprint density at radius 3 is 2.73 bits per heavy atom. The average Bonchev–Trinajstić information content (AvgIpc) is 3.21. The number of fused-ring (bicyclic) bond motifs is 1. The summed E-state index contributed by atoms with van der Waals surface area (Å²) in [6.45, 7) is 0.562. The van der Waals surface area contributed by atoms with E-state index in [0.29, 0.717) is 39.1 Å². The number of nitrogens with one attached hydrogen (secondary N) is 2. The molecule has 3 heterocycles. The molecule has 0 fully saturated rings. The fourth-order valence-electron chi connectivity index (χ4n) is 3.86. The molecular formula is C25H23Br2FN10O3. The van der Waals surface area contributed by atoms with Crippen molar-refractivity contribution in [2.45, 2.75) is 6.54 Å². The Kier molecular flexibility index (Phi) is 9.81. The van der Waals surface area contributed by atoms with E-state index in [1.807, 2.05) is 20.2 Å². The van der Waals surface area contributed by atoms with Crippen LogP contribution in [-0.2, 0) is 18.4 Å². The van der Waals surface area contributed by atoms with Crippen molar-refractivity contribution >= 4 is 55.9 Å². The Morgan fingerprint density at radius 2 is 2.05 bits per heavy atom. The van der Waals surface area contributed by atoms with Crippen LogP contribution in [0.1, 0.15) is 11.5 Å². The predicted octanol–water partition coefficient (Wildman–Crippen LogP) is 0.959. The van der Waals surface area contributed by atoms with Crippen LogP contribution in [0.3, 0.4) is 0 Å². The summed E-state index contributed by atoms with van der Waals surface area (Å²) in [5.41, 5.74) is 1.31. The number of nitro groups is 1. The molecular weight excluding hydrogens is 667 g/mol. The first-order valence-electron chi connectivity index (χ1n) is 11.7. The van der Waals surface area contributed by atoms with Crippen LogP contribution in [0.2, 0.25) is 0 Å². The molecule has 0 radical (unpaired) electrons. The smallest absolute Gasteiger partial charge is 0.392 e. The molecule has 0 bridgehead atoms. The lowest BCUT2D eigenvalue weighted by Crippen LogP contribution is -3.00. The van der Waals surface area contributed by atoms with E-state index in [4.69, 9.17) is 0 Å². The Balaban J connectivity index is 0.00000462. The van der Waals surface area contributed by atoms with E-state index in [-0.39, 0.29) is 45.5 Å². The molecule has 0 aliphatic heterocycles. The number of likely N-dealkylation sites (N-methyl/N-ethyl adjacent to an activating group) is 1.